The van der Waals surface area contributed by atoms with Crippen LogP contribution in [0, 0.1) is 22.0 Å². The van der Waals surface area contributed by atoms with Crippen LogP contribution in [0.3, 0.4) is 0 Å². The molecule has 1 heterocycles. The van der Waals surface area contributed by atoms with Crippen molar-refractivity contribution in [1.82, 2.24) is 4.98 Å². The quantitative estimate of drug-likeness (QED) is 0.457. The van der Waals surface area contributed by atoms with Crippen LogP contribution in [0.25, 0.3) is 11.1 Å². The molecule has 0 fully saturated rings. The Morgan fingerprint density at radius 1 is 1.06 bits per heavy atom. The molecule has 1 aromatic carbocycles. The van der Waals surface area contributed by atoms with E-state index in [-0.39, 0.29) is 11.3 Å². The minimum absolute atomic E-state index is 0.0933. The second kappa shape index (κ2) is 4.25. The molecule has 0 unspecified atom stereocenters. The predicted octanol–water partition coefficient (Wildman–Crippen LogP) is 2.94. The topological polar surface area (TPSA) is 56.0 Å². The van der Waals surface area contributed by atoms with Crippen LogP contribution in [0.4, 0.5) is 14.5 Å². The van der Waals surface area contributed by atoms with Crippen molar-refractivity contribution in [3.8, 4) is 11.1 Å². The summed E-state index contributed by atoms with van der Waals surface area (Å²) >= 11 is 0. The van der Waals surface area contributed by atoms with Crippen molar-refractivity contribution in [2.45, 2.75) is 0 Å². The first-order chi connectivity index (χ1) is 8.08. The van der Waals surface area contributed by atoms with Gasteiger partial charge in [-0.25, -0.2) is 0 Å². The highest BCUT2D eigenvalue weighted by atomic mass is 19.1. The molecule has 0 saturated carbocycles. The summed E-state index contributed by atoms with van der Waals surface area (Å²) in [6.45, 7) is 0. The molecule has 0 atom stereocenters. The fourth-order valence-electron chi connectivity index (χ4n) is 1.39. The zero-order chi connectivity index (χ0) is 12.4. The van der Waals surface area contributed by atoms with Crippen LogP contribution in [-0.2, 0) is 0 Å². The number of aromatic nitrogens is 1. The van der Waals surface area contributed by atoms with Crippen LogP contribution >= 0.6 is 0 Å². The molecule has 0 spiro atoms. The first-order valence-corrected chi connectivity index (χ1v) is 4.65. The number of halogens is 2. The van der Waals surface area contributed by atoms with Gasteiger partial charge in [-0.15, -0.1) is 0 Å². The molecule has 0 bridgehead atoms. The molecule has 86 valence electrons. The number of nitro benzene ring substituents is 1. The average molecular weight is 236 g/mol. The lowest BCUT2D eigenvalue weighted by molar-refractivity contribution is -0.384. The van der Waals surface area contributed by atoms with E-state index in [9.17, 15) is 18.9 Å². The van der Waals surface area contributed by atoms with Crippen LogP contribution in [-0.4, -0.2) is 9.91 Å². The van der Waals surface area contributed by atoms with Gasteiger partial charge in [0.2, 0.25) is 11.9 Å². The summed E-state index contributed by atoms with van der Waals surface area (Å²) in [6.07, 6.45) is 0. The number of hydrogen-bond acceptors (Lipinski definition) is 3. The van der Waals surface area contributed by atoms with Gasteiger partial charge in [0.15, 0.2) is 0 Å². The van der Waals surface area contributed by atoms with Gasteiger partial charge >= 0.3 is 0 Å². The van der Waals surface area contributed by atoms with Crippen molar-refractivity contribution in [3.05, 3.63) is 58.4 Å². The number of nitrogens with zero attached hydrogens (tertiary/aromatic N) is 2. The number of benzene rings is 1. The highest BCUT2D eigenvalue weighted by Crippen LogP contribution is 2.24. The Kier molecular flexibility index (Phi) is 2.78. The van der Waals surface area contributed by atoms with Gasteiger partial charge in [-0.1, -0.05) is 0 Å². The largest absolute Gasteiger partial charge is 0.269 e. The third-order valence-corrected chi connectivity index (χ3v) is 2.20. The summed E-state index contributed by atoms with van der Waals surface area (Å²) in [6, 6.07) is 7.53. The highest BCUT2D eigenvalue weighted by molar-refractivity contribution is 5.64. The molecule has 0 amide bonds. The molecule has 0 aliphatic heterocycles. The van der Waals surface area contributed by atoms with Crippen LogP contribution in [0.2, 0.25) is 0 Å². The van der Waals surface area contributed by atoms with Gasteiger partial charge in [-0.05, 0) is 29.8 Å². The zero-order valence-electron chi connectivity index (χ0n) is 8.43. The molecule has 0 N–H and O–H groups in total. The number of nitro groups is 1. The Hall–Kier alpha value is -2.37. The summed E-state index contributed by atoms with van der Waals surface area (Å²) in [5.41, 5.74) is 0.408. The van der Waals surface area contributed by atoms with Crippen LogP contribution in [0.1, 0.15) is 0 Å². The molecule has 0 radical (unpaired) electrons. The second-order valence-corrected chi connectivity index (χ2v) is 3.28. The third kappa shape index (κ3) is 2.25. The molecule has 17 heavy (non-hydrogen) atoms. The van der Waals surface area contributed by atoms with E-state index in [1.165, 1.54) is 30.3 Å². The fourth-order valence-corrected chi connectivity index (χ4v) is 1.39. The lowest BCUT2D eigenvalue weighted by Gasteiger charge is -2.02. The summed E-state index contributed by atoms with van der Waals surface area (Å²) in [4.78, 5) is 12.9. The van der Waals surface area contributed by atoms with E-state index in [4.69, 9.17) is 0 Å². The third-order valence-electron chi connectivity index (χ3n) is 2.20. The van der Waals surface area contributed by atoms with Crippen molar-refractivity contribution in [2.24, 2.45) is 0 Å². The molecule has 6 heteroatoms. The van der Waals surface area contributed by atoms with Crippen molar-refractivity contribution in [1.29, 1.82) is 0 Å². The zero-order valence-corrected chi connectivity index (χ0v) is 8.43. The number of rotatable bonds is 2. The maximum Gasteiger partial charge on any atom is 0.269 e. The number of pyridine rings is 1. The van der Waals surface area contributed by atoms with Gasteiger partial charge in [-0.3, -0.25) is 10.1 Å². The normalized spacial score (nSPS) is 10.2. The Morgan fingerprint density at radius 2 is 1.71 bits per heavy atom. The summed E-state index contributed by atoms with van der Waals surface area (Å²) in [7, 11) is 0. The fraction of sp³-hybridized carbons (Fsp3) is 0. The van der Waals surface area contributed by atoms with Crippen molar-refractivity contribution >= 4 is 5.69 Å². The Bertz CT molecular complexity index is 570. The predicted molar refractivity (Wildman–Crippen MR) is 56.2 cm³/mol. The monoisotopic (exact) mass is 236 g/mol. The maximum atomic E-state index is 13.3. The summed E-state index contributed by atoms with van der Waals surface area (Å²) in [5, 5.41) is 10.4. The minimum atomic E-state index is -0.946. The van der Waals surface area contributed by atoms with E-state index in [1.54, 1.807) is 0 Å². The molecule has 0 aliphatic carbocycles. The molecular weight excluding hydrogens is 230 g/mol. The maximum absolute atomic E-state index is 13.3. The molecule has 4 nitrogen and oxygen atoms in total. The average Bonchev–Trinajstić information content (AvgIpc) is 2.29. The van der Waals surface area contributed by atoms with Crippen LogP contribution in [0.15, 0.2) is 36.4 Å². The smallest absolute Gasteiger partial charge is 0.258 e. The van der Waals surface area contributed by atoms with Gasteiger partial charge in [0.05, 0.1) is 4.92 Å². The van der Waals surface area contributed by atoms with Crippen molar-refractivity contribution < 1.29 is 13.7 Å². The van der Waals surface area contributed by atoms with E-state index in [0.717, 1.165) is 6.07 Å². The first kappa shape index (κ1) is 11.1. The summed E-state index contributed by atoms with van der Waals surface area (Å²) < 4.78 is 25.9. The minimum Gasteiger partial charge on any atom is -0.258 e. The number of non-ortho nitro benzene ring substituents is 1. The second-order valence-electron chi connectivity index (χ2n) is 3.28. The first-order valence-electron chi connectivity index (χ1n) is 4.65. The van der Waals surface area contributed by atoms with Gasteiger partial charge in [0, 0.05) is 17.7 Å². The van der Waals surface area contributed by atoms with E-state index in [0.29, 0.717) is 5.56 Å². The molecule has 0 aliphatic rings. The molecule has 1 aromatic heterocycles. The lowest BCUT2D eigenvalue weighted by Crippen LogP contribution is -1.92. The van der Waals surface area contributed by atoms with Gasteiger partial charge < -0.3 is 0 Å². The van der Waals surface area contributed by atoms with E-state index in [2.05, 4.69) is 4.98 Å². The summed E-state index contributed by atoms with van der Waals surface area (Å²) in [5.74, 6) is -1.85. The van der Waals surface area contributed by atoms with Gasteiger partial charge in [0.1, 0.15) is 0 Å². The van der Waals surface area contributed by atoms with Crippen LogP contribution in [0.5, 0.6) is 0 Å². The van der Waals surface area contributed by atoms with E-state index >= 15 is 0 Å². The van der Waals surface area contributed by atoms with Gasteiger partial charge in [-0.2, -0.15) is 13.8 Å². The van der Waals surface area contributed by atoms with E-state index < -0.39 is 16.8 Å². The van der Waals surface area contributed by atoms with E-state index in [1.807, 2.05) is 0 Å². The lowest BCUT2D eigenvalue weighted by atomic mass is 10.1. The van der Waals surface area contributed by atoms with Crippen molar-refractivity contribution in [2.75, 3.05) is 0 Å². The standard InChI is InChI=1S/C11H6F2N2O2/c12-10-6-5-9(11(13)14-10)7-1-3-8(4-2-7)15(16)17/h1-6H. The molecule has 0 saturated heterocycles. The van der Waals surface area contributed by atoms with Gasteiger partial charge in [0.25, 0.3) is 5.69 Å². The SMILES string of the molecule is O=[N+]([O-])c1ccc(-c2ccc(F)nc2F)cc1. The highest BCUT2D eigenvalue weighted by Gasteiger charge is 2.10. The van der Waals surface area contributed by atoms with Crippen LogP contribution < -0.4 is 0 Å². The molecule has 2 aromatic rings. The van der Waals surface area contributed by atoms with Crippen molar-refractivity contribution in [3.63, 3.8) is 0 Å². The Balaban J connectivity index is 2.43. The molecular formula is C11H6F2N2O2. The Labute approximate surface area is 94.7 Å². The Morgan fingerprint density at radius 3 is 2.24 bits per heavy atom. The number of hydrogen-bond donors (Lipinski definition) is 0. The molecule has 2 rings (SSSR count).